The Labute approximate surface area is 269 Å². The first-order chi connectivity index (χ1) is 17.8. The van der Waals surface area contributed by atoms with Crippen molar-refractivity contribution in [2.75, 3.05) is 67.5 Å². The van der Waals surface area contributed by atoms with Gasteiger partial charge in [-0.15, -0.1) is 0 Å². The van der Waals surface area contributed by atoms with Crippen LogP contribution in [0.3, 0.4) is 0 Å². The molecule has 0 aliphatic heterocycles. The maximum absolute atomic E-state index is 3.73. The maximum atomic E-state index is 3.73. The molecule has 0 aromatic carbocycles. The highest BCUT2D eigenvalue weighted by Crippen LogP contribution is 2.13. The Bertz CT molecular complexity index is 418. The van der Waals surface area contributed by atoms with Crippen LogP contribution >= 0.6 is 0 Å². The summed E-state index contributed by atoms with van der Waals surface area (Å²) in [5.74, 6) is 0. The predicted octanol–water partition coefficient (Wildman–Crippen LogP) is 3.36. The van der Waals surface area contributed by atoms with Crippen LogP contribution < -0.4 is 39.3 Å². The Hall–Kier alpha value is 0.840. The zero-order valence-corrected chi connectivity index (χ0v) is 31.1. The first-order valence-corrected chi connectivity index (χ1v) is 17.2. The number of rotatable bonds is 30. The summed E-state index contributed by atoms with van der Waals surface area (Å²) in [6.45, 7) is 12.3. The van der Waals surface area contributed by atoms with Gasteiger partial charge < -0.3 is 48.2 Å². The van der Waals surface area contributed by atoms with Crippen molar-refractivity contribution in [3.63, 3.8) is 0 Å². The van der Waals surface area contributed by atoms with Crippen molar-refractivity contribution in [3.05, 3.63) is 0 Å². The fourth-order valence-electron chi connectivity index (χ4n) is 5.67. The Morgan fingerprint density at radius 2 is 0.564 bits per heavy atom. The summed E-state index contributed by atoms with van der Waals surface area (Å²) in [4.78, 5) is 0. The molecule has 0 saturated carbocycles. The van der Waals surface area contributed by atoms with E-state index >= 15 is 0 Å². The molecule has 0 atom stereocenters. The van der Waals surface area contributed by atoms with Crippen molar-refractivity contribution in [2.45, 2.75) is 155 Å². The predicted molar refractivity (Wildman–Crippen MR) is 169 cm³/mol. The second-order valence-electron chi connectivity index (χ2n) is 13.6. The highest BCUT2D eigenvalue weighted by Gasteiger charge is 2.15. The summed E-state index contributed by atoms with van der Waals surface area (Å²) in [5.41, 5.74) is 0. The molecular formula is C34H75Br2N3. The highest BCUT2D eigenvalue weighted by molar-refractivity contribution is 4.52. The van der Waals surface area contributed by atoms with E-state index in [0.717, 1.165) is 0 Å². The SMILES string of the molecule is CCCCCCCCCCCC[N+](C)(C)CCCNCCC[N+](C)(C)CCCCCCCCCCCC.[Br-].[Br-]. The summed E-state index contributed by atoms with van der Waals surface area (Å²) < 4.78 is 2.39. The fraction of sp³-hybridized carbons (Fsp3) is 1.00. The molecule has 0 unspecified atom stereocenters. The van der Waals surface area contributed by atoms with E-state index in [2.05, 4.69) is 47.4 Å². The molecule has 0 saturated heterocycles. The number of hydrogen-bond acceptors (Lipinski definition) is 1. The summed E-state index contributed by atoms with van der Waals surface area (Å²) in [5, 5.41) is 3.73. The molecule has 0 radical (unpaired) electrons. The lowest BCUT2D eigenvalue weighted by molar-refractivity contribution is -0.890. The summed E-state index contributed by atoms with van der Waals surface area (Å²) in [6, 6.07) is 0. The van der Waals surface area contributed by atoms with Gasteiger partial charge >= 0.3 is 0 Å². The molecule has 39 heavy (non-hydrogen) atoms. The van der Waals surface area contributed by atoms with Gasteiger partial charge in [-0.3, -0.25) is 0 Å². The van der Waals surface area contributed by atoms with E-state index in [1.807, 2.05) is 0 Å². The molecule has 0 heterocycles. The quantitative estimate of drug-likeness (QED) is 0.0905. The van der Waals surface area contributed by atoms with Crippen LogP contribution in [0, 0.1) is 0 Å². The van der Waals surface area contributed by atoms with Gasteiger partial charge in [-0.1, -0.05) is 117 Å². The van der Waals surface area contributed by atoms with Crippen molar-refractivity contribution < 1.29 is 42.9 Å². The highest BCUT2D eigenvalue weighted by atomic mass is 79.9. The van der Waals surface area contributed by atoms with Crippen molar-refractivity contribution >= 4 is 0 Å². The van der Waals surface area contributed by atoms with Gasteiger partial charge in [0, 0.05) is 25.9 Å². The largest absolute Gasteiger partial charge is 1.00 e. The van der Waals surface area contributed by atoms with Crippen molar-refractivity contribution in [1.82, 2.24) is 5.32 Å². The zero-order valence-electron chi connectivity index (χ0n) is 27.9. The molecule has 0 aliphatic rings. The van der Waals surface area contributed by atoms with Gasteiger partial charge in [-0.2, -0.15) is 0 Å². The average molecular weight is 686 g/mol. The third-order valence-corrected chi connectivity index (χ3v) is 8.47. The molecule has 240 valence electrons. The summed E-state index contributed by atoms with van der Waals surface area (Å²) in [6.07, 6.45) is 31.4. The number of nitrogens with one attached hydrogen (secondary N) is 1. The van der Waals surface area contributed by atoms with E-state index in [9.17, 15) is 0 Å². The molecule has 0 aromatic heterocycles. The van der Waals surface area contributed by atoms with Crippen LogP contribution in [0.2, 0.25) is 0 Å². The molecule has 0 spiro atoms. The molecule has 0 bridgehead atoms. The maximum Gasteiger partial charge on any atom is 0.0794 e. The lowest BCUT2D eigenvalue weighted by atomic mass is 10.1. The Morgan fingerprint density at radius 1 is 0.333 bits per heavy atom. The Balaban J connectivity index is -0.00000648. The number of nitrogens with zero attached hydrogens (tertiary/aromatic N) is 2. The number of quaternary nitrogens is 2. The molecule has 1 N–H and O–H groups in total. The molecule has 0 aromatic rings. The number of unbranched alkanes of at least 4 members (excludes halogenated alkanes) is 18. The van der Waals surface area contributed by atoms with E-state index < -0.39 is 0 Å². The molecule has 3 nitrogen and oxygen atoms in total. The molecule has 0 aliphatic carbocycles. The minimum absolute atomic E-state index is 0. The van der Waals surface area contributed by atoms with Crippen molar-refractivity contribution in [1.29, 1.82) is 0 Å². The lowest BCUT2D eigenvalue weighted by Crippen LogP contribution is -3.00. The minimum Gasteiger partial charge on any atom is -1.00 e. The molecule has 5 heteroatoms. The van der Waals surface area contributed by atoms with Gasteiger partial charge in [0.1, 0.15) is 0 Å². The normalized spacial score (nSPS) is 11.8. The molecule has 0 amide bonds. The third kappa shape index (κ3) is 34.9. The monoisotopic (exact) mass is 683 g/mol. The van der Waals surface area contributed by atoms with Gasteiger partial charge in [0.05, 0.1) is 54.4 Å². The number of hydrogen-bond donors (Lipinski definition) is 1. The average Bonchev–Trinajstić information content (AvgIpc) is 2.85. The van der Waals surface area contributed by atoms with Crippen molar-refractivity contribution in [3.8, 4) is 0 Å². The van der Waals surface area contributed by atoms with Gasteiger partial charge in [0.2, 0.25) is 0 Å². The van der Waals surface area contributed by atoms with Crippen LogP contribution in [0.5, 0.6) is 0 Å². The molecule has 0 fully saturated rings. The zero-order chi connectivity index (χ0) is 27.5. The second-order valence-corrected chi connectivity index (χ2v) is 13.6. The molecular weight excluding hydrogens is 610 g/mol. The van der Waals surface area contributed by atoms with Gasteiger partial charge in [-0.25, -0.2) is 0 Å². The van der Waals surface area contributed by atoms with Crippen LogP contribution in [-0.4, -0.2) is 76.4 Å². The third-order valence-electron chi connectivity index (χ3n) is 8.47. The van der Waals surface area contributed by atoms with Crippen LogP contribution in [0.15, 0.2) is 0 Å². The summed E-state index contributed by atoms with van der Waals surface area (Å²) in [7, 11) is 9.73. The van der Waals surface area contributed by atoms with E-state index in [4.69, 9.17) is 0 Å². The first-order valence-electron chi connectivity index (χ1n) is 17.2. The van der Waals surface area contributed by atoms with Gasteiger partial charge in [0.25, 0.3) is 0 Å². The summed E-state index contributed by atoms with van der Waals surface area (Å²) >= 11 is 0. The fourth-order valence-corrected chi connectivity index (χ4v) is 5.67. The second kappa shape index (κ2) is 31.8. The van der Waals surface area contributed by atoms with E-state index in [1.54, 1.807) is 0 Å². The Morgan fingerprint density at radius 3 is 0.846 bits per heavy atom. The Kier molecular flexibility index (Phi) is 36.1. The van der Waals surface area contributed by atoms with E-state index in [1.165, 1.54) is 189 Å². The van der Waals surface area contributed by atoms with E-state index in [-0.39, 0.29) is 34.0 Å². The standard InChI is InChI=1S/C34H75N3.2BrH/c1-7-9-11-13-15-17-19-21-23-25-31-36(3,4)33-27-29-35-30-28-34-37(5,6)32-26-24-22-20-18-16-14-12-10-8-2;;/h35H,7-34H2,1-6H3;2*1H/q+2;;/p-2. The van der Waals surface area contributed by atoms with Crippen LogP contribution in [-0.2, 0) is 0 Å². The van der Waals surface area contributed by atoms with Crippen LogP contribution in [0.25, 0.3) is 0 Å². The van der Waals surface area contributed by atoms with Gasteiger partial charge in [-0.05, 0) is 25.7 Å². The van der Waals surface area contributed by atoms with E-state index in [0.29, 0.717) is 0 Å². The van der Waals surface area contributed by atoms with Crippen molar-refractivity contribution in [2.24, 2.45) is 0 Å². The lowest BCUT2D eigenvalue weighted by Gasteiger charge is -2.30. The topological polar surface area (TPSA) is 12.0 Å². The first kappa shape index (κ1) is 44.3. The van der Waals surface area contributed by atoms with Crippen LogP contribution in [0.4, 0.5) is 0 Å². The minimum atomic E-state index is 0. The van der Waals surface area contributed by atoms with Gasteiger partial charge in [0.15, 0.2) is 0 Å². The number of halogens is 2. The van der Waals surface area contributed by atoms with Crippen LogP contribution in [0.1, 0.15) is 155 Å². The molecule has 0 rings (SSSR count). The smallest absolute Gasteiger partial charge is 0.0794 e.